The average Bonchev–Trinajstić information content (AvgIpc) is 3.30. The molecule has 0 aromatic rings. The van der Waals surface area contributed by atoms with Gasteiger partial charge in [-0.25, -0.2) is 0 Å². The molecule has 3 fully saturated rings. The van der Waals surface area contributed by atoms with Crippen LogP contribution in [0.25, 0.3) is 0 Å². The molecule has 0 bridgehead atoms. The number of nitrogens with zero attached hydrogens (tertiary/aromatic N) is 2. The molecular weight excluding hydrogens is 676 g/mol. The summed E-state index contributed by atoms with van der Waals surface area (Å²) in [6.07, 6.45) is -6.91. The molecule has 0 spiro atoms. The van der Waals surface area contributed by atoms with Crippen LogP contribution in [0.4, 0.5) is 0 Å². The van der Waals surface area contributed by atoms with Crippen molar-refractivity contribution >= 4 is 11.9 Å². The number of ether oxygens (including phenoxy) is 7. The van der Waals surface area contributed by atoms with Crippen molar-refractivity contribution in [2.75, 3.05) is 21.2 Å². The van der Waals surface area contributed by atoms with Crippen LogP contribution in [-0.4, -0.2) is 149 Å². The third-order valence-electron chi connectivity index (χ3n) is 11.5. The molecule has 3 aliphatic rings. The van der Waals surface area contributed by atoms with E-state index in [-0.39, 0.29) is 37.0 Å². The SMILES string of the molecule is CC[C@@H](C)OC(=O)C(C)C(OC1CC(C)(OC)C(O)C(C)O1)C(C)C(OC1OC(C)CC(N(C)C)C1O)C(C)(O)CC(C)N=C1OC(C)C(O)C1C. The molecule has 52 heavy (non-hydrogen) atoms. The van der Waals surface area contributed by atoms with Crippen LogP contribution in [0.5, 0.6) is 0 Å². The van der Waals surface area contributed by atoms with Crippen LogP contribution < -0.4 is 0 Å². The lowest BCUT2D eigenvalue weighted by atomic mass is 9.78. The number of esters is 1. The molecule has 14 heteroatoms. The van der Waals surface area contributed by atoms with Gasteiger partial charge in [0.15, 0.2) is 18.5 Å². The van der Waals surface area contributed by atoms with Crippen molar-refractivity contribution in [3.63, 3.8) is 0 Å². The first-order chi connectivity index (χ1) is 24.1. The topological polar surface area (TPSA) is 178 Å². The molecule has 14 nitrogen and oxygen atoms in total. The monoisotopic (exact) mass is 746 g/mol. The zero-order valence-corrected chi connectivity index (χ0v) is 34.0. The van der Waals surface area contributed by atoms with Crippen molar-refractivity contribution in [2.45, 2.75) is 193 Å². The molecular formula is C38H70N2O12. The van der Waals surface area contributed by atoms with Crippen molar-refractivity contribution in [2.24, 2.45) is 22.7 Å². The lowest BCUT2D eigenvalue weighted by Crippen LogP contribution is -2.60. The fourth-order valence-electron chi connectivity index (χ4n) is 7.84. The maximum atomic E-state index is 13.7. The minimum Gasteiger partial charge on any atom is -0.475 e. The van der Waals surface area contributed by atoms with E-state index in [0.717, 1.165) is 0 Å². The maximum Gasteiger partial charge on any atom is 0.311 e. The summed E-state index contributed by atoms with van der Waals surface area (Å²) in [5, 5.41) is 45.4. The highest BCUT2D eigenvalue weighted by Crippen LogP contribution is 2.39. The highest BCUT2D eigenvalue weighted by atomic mass is 16.7. The van der Waals surface area contributed by atoms with Crippen molar-refractivity contribution in [3.05, 3.63) is 0 Å². The number of aliphatic hydroxyl groups is 4. The molecule has 0 amide bonds. The summed E-state index contributed by atoms with van der Waals surface area (Å²) in [5.41, 5.74) is -2.62. The average molecular weight is 747 g/mol. The minimum absolute atomic E-state index is 0.0882. The normalized spacial score (nSPS) is 39.6. The van der Waals surface area contributed by atoms with Gasteiger partial charge in [0.1, 0.15) is 24.4 Å². The van der Waals surface area contributed by atoms with E-state index in [0.29, 0.717) is 18.7 Å². The molecule has 3 heterocycles. The molecule has 304 valence electrons. The first-order valence-electron chi connectivity index (χ1n) is 19.1. The summed E-state index contributed by atoms with van der Waals surface area (Å²) >= 11 is 0. The maximum absolute atomic E-state index is 13.7. The Hall–Kier alpha value is -1.46. The second-order valence-electron chi connectivity index (χ2n) is 16.4. The Morgan fingerprint density at radius 3 is 2.21 bits per heavy atom. The van der Waals surface area contributed by atoms with Gasteiger partial charge in [-0.3, -0.25) is 9.79 Å². The Balaban J connectivity index is 2.07. The van der Waals surface area contributed by atoms with Gasteiger partial charge < -0.3 is 58.5 Å². The van der Waals surface area contributed by atoms with Crippen LogP contribution in [0.2, 0.25) is 0 Å². The van der Waals surface area contributed by atoms with Gasteiger partial charge in [0.05, 0.1) is 59.6 Å². The van der Waals surface area contributed by atoms with Crippen LogP contribution in [0.15, 0.2) is 4.99 Å². The Morgan fingerprint density at radius 2 is 1.67 bits per heavy atom. The zero-order valence-electron chi connectivity index (χ0n) is 34.0. The van der Waals surface area contributed by atoms with Crippen molar-refractivity contribution in [3.8, 4) is 0 Å². The largest absolute Gasteiger partial charge is 0.475 e. The second kappa shape index (κ2) is 18.4. The van der Waals surface area contributed by atoms with Crippen LogP contribution >= 0.6 is 0 Å². The second-order valence-corrected chi connectivity index (χ2v) is 16.4. The Labute approximate surface area is 311 Å². The lowest BCUT2D eigenvalue weighted by Gasteiger charge is -2.48. The van der Waals surface area contributed by atoms with E-state index in [1.807, 2.05) is 60.5 Å². The smallest absolute Gasteiger partial charge is 0.311 e. The molecule has 0 saturated carbocycles. The zero-order chi connectivity index (χ0) is 39.5. The molecule has 3 rings (SSSR count). The molecule has 4 N–H and O–H groups in total. The van der Waals surface area contributed by atoms with Gasteiger partial charge in [0.25, 0.3) is 0 Å². The molecule has 0 aromatic carbocycles. The number of likely N-dealkylation sites (N-methyl/N-ethyl adjacent to an activating group) is 1. The third-order valence-corrected chi connectivity index (χ3v) is 11.5. The van der Waals surface area contributed by atoms with Gasteiger partial charge in [0, 0.05) is 31.9 Å². The number of aliphatic imine (C=N–C) groups is 1. The van der Waals surface area contributed by atoms with E-state index < -0.39 is 90.4 Å². The predicted molar refractivity (Wildman–Crippen MR) is 195 cm³/mol. The molecule has 0 aliphatic carbocycles. The molecule has 17 unspecified atom stereocenters. The number of carbonyl (C=O) groups is 1. The lowest BCUT2D eigenvalue weighted by molar-refractivity contribution is -0.317. The highest BCUT2D eigenvalue weighted by Gasteiger charge is 2.51. The Kier molecular flexibility index (Phi) is 15.9. The van der Waals surface area contributed by atoms with Crippen molar-refractivity contribution in [1.29, 1.82) is 0 Å². The summed E-state index contributed by atoms with van der Waals surface area (Å²) < 4.78 is 43.1. The Morgan fingerprint density at radius 1 is 1.04 bits per heavy atom. The molecule has 0 aromatic heterocycles. The first-order valence-corrected chi connectivity index (χ1v) is 19.1. The van der Waals surface area contributed by atoms with Gasteiger partial charge in [-0.2, -0.15) is 0 Å². The van der Waals surface area contributed by atoms with Gasteiger partial charge in [-0.15, -0.1) is 0 Å². The Bertz CT molecular complexity index is 1170. The fraction of sp³-hybridized carbons (Fsp3) is 0.947. The number of hydrogen-bond acceptors (Lipinski definition) is 14. The molecule has 18 atom stereocenters. The number of methoxy groups -OCH3 is 1. The first kappa shape index (κ1) is 44.9. The van der Waals surface area contributed by atoms with Crippen molar-refractivity contribution < 1.29 is 58.4 Å². The number of rotatable bonds is 16. The van der Waals surface area contributed by atoms with Gasteiger partial charge in [0.2, 0.25) is 0 Å². The summed E-state index contributed by atoms with van der Waals surface area (Å²) in [7, 11) is 5.29. The van der Waals surface area contributed by atoms with E-state index in [4.69, 9.17) is 38.2 Å². The summed E-state index contributed by atoms with van der Waals surface area (Å²) in [6.45, 7) is 19.8. The van der Waals surface area contributed by atoms with E-state index in [1.54, 1.807) is 34.6 Å². The summed E-state index contributed by atoms with van der Waals surface area (Å²) in [4.78, 5) is 20.4. The number of carbonyl (C=O) groups excluding carboxylic acids is 1. The highest BCUT2D eigenvalue weighted by molar-refractivity contribution is 5.81. The number of hydrogen-bond donors (Lipinski definition) is 4. The third kappa shape index (κ3) is 10.6. The van der Waals surface area contributed by atoms with E-state index >= 15 is 0 Å². The molecule has 0 radical (unpaired) electrons. The van der Waals surface area contributed by atoms with Crippen LogP contribution in [-0.2, 0) is 38.0 Å². The standard InChI is InChI=1S/C38H70N2O12/c1-15-20(3)47-35(44)24(7)31(51-28-18-38(11,46-14)32(43)26(9)49-28)23(6)33(52-36-30(42)27(40(12)13)16-21(4)48-36)37(10,45)17-19(2)39-34-22(5)29(41)25(8)50-34/h19-33,36,41-43,45H,15-18H2,1-14H3/t19?,20-,21?,22?,23?,24?,25?,26?,27?,28?,29?,30?,31?,32?,33?,36?,37?,38?/m1/s1. The van der Waals surface area contributed by atoms with Crippen LogP contribution in [0.1, 0.15) is 102 Å². The van der Waals surface area contributed by atoms with E-state index in [1.165, 1.54) is 7.11 Å². The molecule has 3 aliphatic heterocycles. The fourth-order valence-corrected chi connectivity index (χ4v) is 7.84. The van der Waals surface area contributed by atoms with Gasteiger partial charge in [-0.05, 0) is 82.3 Å². The van der Waals surface area contributed by atoms with E-state index in [2.05, 4.69) is 0 Å². The van der Waals surface area contributed by atoms with Gasteiger partial charge in [-0.1, -0.05) is 20.8 Å². The molecule has 3 saturated heterocycles. The summed E-state index contributed by atoms with van der Waals surface area (Å²) in [5.74, 6) is -1.98. The van der Waals surface area contributed by atoms with Crippen LogP contribution in [0.3, 0.4) is 0 Å². The number of aliphatic hydroxyl groups excluding tert-OH is 3. The van der Waals surface area contributed by atoms with Crippen molar-refractivity contribution in [1.82, 2.24) is 4.90 Å². The minimum atomic E-state index is -1.63. The predicted octanol–water partition coefficient (Wildman–Crippen LogP) is 3.04. The summed E-state index contributed by atoms with van der Waals surface area (Å²) in [6, 6.07) is -0.756. The van der Waals surface area contributed by atoms with Crippen LogP contribution in [0, 0.1) is 17.8 Å². The van der Waals surface area contributed by atoms with Gasteiger partial charge >= 0.3 is 5.97 Å². The van der Waals surface area contributed by atoms with E-state index in [9.17, 15) is 25.2 Å². The quantitative estimate of drug-likeness (QED) is 0.170.